The maximum atomic E-state index is 11.8. The van der Waals surface area contributed by atoms with Crippen molar-refractivity contribution in [1.29, 1.82) is 0 Å². The minimum Gasteiger partial charge on any atom is -0.481 e. The molecule has 1 amide bonds. The second kappa shape index (κ2) is 6.31. The van der Waals surface area contributed by atoms with Crippen molar-refractivity contribution in [3.8, 4) is 0 Å². The van der Waals surface area contributed by atoms with Crippen molar-refractivity contribution in [2.45, 2.75) is 37.6 Å². The van der Waals surface area contributed by atoms with Crippen LogP contribution in [0.25, 0.3) is 0 Å². The van der Waals surface area contributed by atoms with Gasteiger partial charge in [-0.1, -0.05) is 17.7 Å². The summed E-state index contributed by atoms with van der Waals surface area (Å²) < 4.78 is 0. The summed E-state index contributed by atoms with van der Waals surface area (Å²) in [6.45, 7) is 4.08. The van der Waals surface area contributed by atoms with Gasteiger partial charge in [0.2, 0.25) is 5.91 Å². The summed E-state index contributed by atoms with van der Waals surface area (Å²) in [5.74, 6) is -0.700. The molecule has 5 heteroatoms. The zero-order valence-electron chi connectivity index (χ0n) is 11.7. The highest BCUT2D eigenvalue weighted by atomic mass is 32.2. The van der Waals surface area contributed by atoms with E-state index in [-0.39, 0.29) is 17.9 Å². The maximum absolute atomic E-state index is 11.8. The van der Waals surface area contributed by atoms with E-state index in [0.29, 0.717) is 18.6 Å². The van der Waals surface area contributed by atoms with Crippen LogP contribution < -0.4 is 5.32 Å². The quantitative estimate of drug-likeness (QED) is 0.818. The van der Waals surface area contributed by atoms with E-state index >= 15 is 0 Å². The smallest absolute Gasteiger partial charge is 0.306 e. The summed E-state index contributed by atoms with van der Waals surface area (Å²) in [7, 11) is 0. The first kappa shape index (κ1) is 14.9. The van der Waals surface area contributed by atoms with Crippen LogP contribution in [0.1, 0.15) is 24.0 Å². The lowest BCUT2D eigenvalue weighted by Gasteiger charge is -2.32. The minimum atomic E-state index is -0.764. The molecule has 0 bridgehead atoms. The van der Waals surface area contributed by atoms with E-state index in [1.807, 2.05) is 26.0 Å². The number of thioether (sulfide) groups is 1. The van der Waals surface area contributed by atoms with Crippen LogP contribution in [-0.2, 0) is 9.59 Å². The highest BCUT2D eigenvalue weighted by Gasteiger charge is 2.35. The summed E-state index contributed by atoms with van der Waals surface area (Å²) in [5, 5.41) is 11.7. The third-order valence-corrected chi connectivity index (χ3v) is 4.72. The van der Waals surface area contributed by atoms with Gasteiger partial charge in [-0.15, -0.1) is 11.8 Å². The topological polar surface area (TPSA) is 66.4 Å². The van der Waals surface area contributed by atoms with Crippen molar-refractivity contribution >= 4 is 23.6 Å². The third kappa shape index (κ3) is 3.76. The second-order valence-electron chi connectivity index (χ2n) is 5.33. The van der Waals surface area contributed by atoms with Gasteiger partial charge in [-0.2, -0.15) is 0 Å². The van der Waals surface area contributed by atoms with Gasteiger partial charge in [0, 0.05) is 10.9 Å². The highest BCUT2D eigenvalue weighted by Crippen LogP contribution is 2.28. The van der Waals surface area contributed by atoms with Gasteiger partial charge in [0.15, 0.2) is 0 Å². The van der Waals surface area contributed by atoms with E-state index in [9.17, 15) is 9.59 Å². The van der Waals surface area contributed by atoms with Gasteiger partial charge in [-0.3, -0.25) is 9.59 Å². The van der Waals surface area contributed by atoms with Gasteiger partial charge in [0.05, 0.1) is 11.7 Å². The molecule has 4 nitrogen and oxygen atoms in total. The molecule has 0 aliphatic heterocycles. The van der Waals surface area contributed by atoms with Crippen LogP contribution in [0.5, 0.6) is 0 Å². The van der Waals surface area contributed by atoms with Crippen LogP contribution in [0, 0.1) is 19.8 Å². The number of carbonyl (C=O) groups excluding carboxylic acids is 1. The number of carbonyl (C=O) groups is 2. The molecule has 1 aliphatic rings. The molecule has 0 atom stereocenters. The van der Waals surface area contributed by atoms with Crippen LogP contribution >= 0.6 is 11.8 Å². The van der Waals surface area contributed by atoms with Gasteiger partial charge >= 0.3 is 5.97 Å². The molecule has 2 rings (SSSR count). The maximum Gasteiger partial charge on any atom is 0.306 e. The number of benzene rings is 1. The third-order valence-electron chi connectivity index (χ3n) is 3.54. The molecule has 1 aliphatic carbocycles. The van der Waals surface area contributed by atoms with Gasteiger partial charge in [-0.25, -0.2) is 0 Å². The molecule has 108 valence electrons. The van der Waals surface area contributed by atoms with Crippen molar-refractivity contribution in [2.24, 2.45) is 5.92 Å². The predicted octanol–water partition coefficient (Wildman–Crippen LogP) is 2.37. The molecule has 1 saturated carbocycles. The molecule has 0 spiro atoms. The number of amides is 1. The second-order valence-corrected chi connectivity index (χ2v) is 6.35. The fourth-order valence-electron chi connectivity index (χ4n) is 2.31. The number of rotatable bonds is 5. The lowest BCUT2D eigenvalue weighted by Crippen LogP contribution is -2.47. The average Bonchev–Trinajstić information content (AvgIpc) is 2.31. The van der Waals surface area contributed by atoms with Crippen molar-refractivity contribution in [2.75, 3.05) is 5.75 Å². The Morgan fingerprint density at radius 1 is 1.35 bits per heavy atom. The highest BCUT2D eigenvalue weighted by molar-refractivity contribution is 8.00. The number of aliphatic carboxylic acids is 1. The molecule has 0 saturated heterocycles. The van der Waals surface area contributed by atoms with Crippen molar-refractivity contribution < 1.29 is 14.7 Å². The Bertz CT molecular complexity index is 524. The Labute approximate surface area is 123 Å². The summed E-state index contributed by atoms with van der Waals surface area (Å²) in [6.07, 6.45) is 1.10. The number of nitrogens with one attached hydrogen (secondary N) is 1. The zero-order valence-corrected chi connectivity index (χ0v) is 12.5. The zero-order chi connectivity index (χ0) is 14.7. The monoisotopic (exact) mass is 293 g/mol. The molecular formula is C15H19NO3S. The van der Waals surface area contributed by atoms with E-state index in [0.717, 1.165) is 4.90 Å². The molecular weight excluding hydrogens is 274 g/mol. The molecule has 1 aromatic carbocycles. The summed E-state index contributed by atoms with van der Waals surface area (Å²) >= 11 is 1.52. The fourth-order valence-corrected chi connectivity index (χ4v) is 3.13. The number of hydrogen-bond donors (Lipinski definition) is 2. The van der Waals surface area contributed by atoms with Crippen molar-refractivity contribution in [3.05, 3.63) is 29.3 Å². The van der Waals surface area contributed by atoms with Gasteiger partial charge < -0.3 is 10.4 Å². The molecule has 0 unspecified atom stereocenters. The first-order valence-corrected chi connectivity index (χ1v) is 7.66. The Hall–Kier alpha value is -1.49. The van der Waals surface area contributed by atoms with E-state index in [4.69, 9.17) is 5.11 Å². The Morgan fingerprint density at radius 2 is 2.05 bits per heavy atom. The van der Waals surface area contributed by atoms with Crippen LogP contribution in [0.15, 0.2) is 23.1 Å². The molecule has 0 radical (unpaired) electrons. The largest absolute Gasteiger partial charge is 0.481 e. The molecule has 2 N–H and O–H groups in total. The SMILES string of the molecule is Cc1ccc(SCC(=O)NC2CC(C(=O)O)C2)c(C)c1. The Morgan fingerprint density at radius 3 is 2.65 bits per heavy atom. The fraction of sp³-hybridized carbons (Fsp3) is 0.467. The lowest BCUT2D eigenvalue weighted by atomic mass is 9.80. The Balaban J connectivity index is 1.74. The number of aryl methyl sites for hydroxylation is 2. The van der Waals surface area contributed by atoms with Crippen molar-refractivity contribution in [1.82, 2.24) is 5.32 Å². The molecule has 20 heavy (non-hydrogen) atoms. The van der Waals surface area contributed by atoms with Crippen LogP contribution in [0.2, 0.25) is 0 Å². The van der Waals surface area contributed by atoms with Gasteiger partial charge in [-0.05, 0) is 38.3 Å². The van der Waals surface area contributed by atoms with E-state index in [2.05, 4.69) is 11.4 Å². The van der Waals surface area contributed by atoms with Crippen LogP contribution in [0.4, 0.5) is 0 Å². The molecule has 1 fully saturated rings. The summed E-state index contributed by atoms with van der Waals surface area (Å²) in [4.78, 5) is 23.6. The number of carboxylic acid groups (broad SMARTS) is 1. The molecule has 1 aromatic rings. The summed E-state index contributed by atoms with van der Waals surface area (Å²) in [6, 6.07) is 6.20. The molecule has 0 heterocycles. The van der Waals surface area contributed by atoms with Gasteiger partial charge in [0.25, 0.3) is 0 Å². The summed E-state index contributed by atoms with van der Waals surface area (Å²) in [5.41, 5.74) is 2.39. The van der Waals surface area contributed by atoms with E-state index in [1.165, 1.54) is 22.9 Å². The normalized spacial score (nSPS) is 21.1. The number of hydrogen-bond acceptors (Lipinski definition) is 3. The first-order valence-electron chi connectivity index (χ1n) is 6.68. The lowest BCUT2D eigenvalue weighted by molar-refractivity contribution is -0.146. The van der Waals surface area contributed by atoms with E-state index < -0.39 is 5.97 Å². The van der Waals surface area contributed by atoms with Gasteiger partial charge in [0.1, 0.15) is 0 Å². The standard InChI is InChI=1S/C15H19NO3S/c1-9-3-4-13(10(2)5-9)20-8-14(17)16-12-6-11(7-12)15(18)19/h3-5,11-12H,6-8H2,1-2H3,(H,16,17)(H,18,19). The average molecular weight is 293 g/mol. The van der Waals surface area contributed by atoms with Crippen LogP contribution in [0.3, 0.4) is 0 Å². The number of carboxylic acids is 1. The molecule has 0 aromatic heterocycles. The minimum absolute atomic E-state index is 0.0242. The Kier molecular flexibility index (Phi) is 4.70. The predicted molar refractivity (Wildman–Crippen MR) is 78.9 cm³/mol. The van der Waals surface area contributed by atoms with Crippen molar-refractivity contribution in [3.63, 3.8) is 0 Å². The first-order chi connectivity index (χ1) is 9.45. The van der Waals surface area contributed by atoms with Crippen LogP contribution in [-0.4, -0.2) is 28.8 Å². The van der Waals surface area contributed by atoms with E-state index in [1.54, 1.807) is 0 Å².